The van der Waals surface area contributed by atoms with Gasteiger partial charge in [-0.3, -0.25) is 4.79 Å². The van der Waals surface area contributed by atoms with Crippen molar-refractivity contribution in [3.05, 3.63) is 76.8 Å². The third kappa shape index (κ3) is 4.02. The Bertz CT molecular complexity index is 1020. The highest BCUT2D eigenvalue weighted by molar-refractivity contribution is 6.30. The van der Waals surface area contributed by atoms with E-state index in [9.17, 15) is 4.79 Å². The molecule has 0 saturated heterocycles. The lowest BCUT2D eigenvalue weighted by Gasteiger charge is -2.09. The maximum absolute atomic E-state index is 12.2. The van der Waals surface area contributed by atoms with Crippen LogP contribution in [0.5, 0.6) is 5.75 Å². The highest BCUT2D eigenvalue weighted by Gasteiger charge is 2.08. The molecule has 0 atom stereocenters. The quantitative estimate of drug-likeness (QED) is 0.418. The van der Waals surface area contributed by atoms with Crippen molar-refractivity contribution in [3.8, 4) is 18.1 Å². The maximum Gasteiger partial charge on any atom is 0.271 e. The molecule has 128 valence electrons. The fourth-order valence-corrected chi connectivity index (χ4v) is 2.69. The van der Waals surface area contributed by atoms with E-state index >= 15 is 0 Å². The normalized spacial score (nSPS) is 10.6. The van der Waals surface area contributed by atoms with E-state index in [1.54, 1.807) is 30.5 Å². The van der Waals surface area contributed by atoms with Gasteiger partial charge in [-0.1, -0.05) is 53.9 Å². The number of halogens is 1. The molecule has 0 aromatic heterocycles. The summed E-state index contributed by atoms with van der Waals surface area (Å²) < 4.78 is 5.59. The van der Waals surface area contributed by atoms with Gasteiger partial charge in [0.25, 0.3) is 5.91 Å². The van der Waals surface area contributed by atoms with Gasteiger partial charge < -0.3 is 4.74 Å². The van der Waals surface area contributed by atoms with Crippen molar-refractivity contribution in [3.63, 3.8) is 0 Å². The van der Waals surface area contributed by atoms with Gasteiger partial charge in [0.15, 0.2) is 0 Å². The van der Waals surface area contributed by atoms with E-state index in [0.29, 0.717) is 16.3 Å². The van der Waals surface area contributed by atoms with E-state index < -0.39 is 0 Å². The first-order chi connectivity index (χ1) is 12.7. The molecular formula is C21H15ClN2O2. The number of hydrogen-bond acceptors (Lipinski definition) is 3. The number of terminal acetylenes is 1. The molecule has 26 heavy (non-hydrogen) atoms. The van der Waals surface area contributed by atoms with Crippen LogP contribution in [0.4, 0.5) is 0 Å². The Morgan fingerprint density at radius 1 is 1.19 bits per heavy atom. The van der Waals surface area contributed by atoms with Crippen LogP contribution in [0.25, 0.3) is 10.8 Å². The van der Waals surface area contributed by atoms with Crippen LogP contribution in [-0.2, 0) is 0 Å². The Morgan fingerprint density at radius 3 is 2.85 bits per heavy atom. The Kier molecular flexibility index (Phi) is 5.52. The zero-order valence-electron chi connectivity index (χ0n) is 13.8. The van der Waals surface area contributed by atoms with E-state index in [-0.39, 0.29) is 12.5 Å². The third-order valence-corrected chi connectivity index (χ3v) is 3.92. The number of nitrogens with zero attached hydrogens (tertiary/aromatic N) is 1. The average Bonchev–Trinajstić information content (AvgIpc) is 2.67. The van der Waals surface area contributed by atoms with Gasteiger partial charge in [-0.15, -0.1) is 6.42 Å². The average molecular weight is 363 g/mol. The number of hydrogen-bond donors (Lipinski definition) is 1. The number of amides is 1. The Hall–Kier alpha value is -3.29. The summed E-state index contributed by atoms with van der Waals surface area (Å²) in [4.78, 5) is 12.2. The summed E-state index contributed by atoms with van der Waals surface area (Å²) in [5.41, 5.74) is 3.67. The van der Waals surface area contributed by atoms with Crippen LogP contribution in [0.1, 0.15) is 15.9 Å². The minimum atomic E-state index is -0.352. The molecule has 0 heterocycles. The van der Waals surface area contributed by atoms with Crippen molar-refractivity contribution in [2.75, 3.05) is 6.61 Å². The van der Waals surface area contributed by atoms with Crippen LogP contribution < -0.4 is 10.2 Å². The summed E-state index contributed by atoms with van der Waals surface area (Å²) in [5.74, 6) is 2.69. The number of carbonyl (C=O) groups is 1. The second-order valence-electron chi connectivity index (χ2n) is 5.40. The van der Waals surface area contributed by atoms with Gasteiger partial charge >= 0.3 is 0 Å². The van der Waals surface area contributed by atoms with Gasteiger partial charge in [-0.25, -0.2) is 5.43 Å². The van der Waals surface area contributed by atoms with E-state index in [1.165, 1.54) is 0 Å². The highest BCUT2D eigenvalue weighted by Crippen LogP contribution is 2.26. The molecule has 0 aliphatic heterocycles. The van der Waals surface area contributed by atoms with Crippen LogP contribution in [0.2, 0.25) is 5.02 Å². The van der Waals surface area contributed by atoms with Crippen LogP contribution in [0.3, 0.4) is 0 Å². The predicted molar refractivity (Wildman–Crippen MR) is 105 cm³/mol. The lowest BCUT2D eigenvalue weighted by molar-refractivity contribution is 0.0955. The predicted octanol–water partition coefficient (Wildman–Crippen LogP) is 4.27. The molecule has 0 aliphatic carbocycles. The molecule has 0 spiro atoms. The van der Waals surface area contributed by atoms with Crippen molar-refractivity contribution < 1.29 is 9.53 Å². The molecule has 3 aromatic carbocycles. The summed E-state index contributed by atoms with van der Waals surface area (Å²) in [7, 11) is 0. The lowest BCUT2D eigenvalue weighted by Crippen LogP contribution is -2.17. The summed E-state index contributed by atoms with van der Waals surface area (Å²) in [6, 6.07) is 18.2. The van der Waals surface area contributed by atoms with E-state index in [4.69, 9.17) is 22.8 Å². The van der Waals surface area contributed by atoms with Gasteiger partial charge in [0.05, 0.1) is 6.21 Å². The van der Waals surface area contributed by atoms with Gasteiger partial charge in [-0.05, 0) is 35.0 Å². The minimum Gasteiger partial charge on any atom is -0.480 e. The minimum absolute atomic E-state index is 0.147. The summed E-state index contributed by atoms with van der Waals surface area (Å²) in [5, 5.41) is 6.53. The monoisotopic (exact) mass is 362 g/mol. The first kappa shape index (κ1) is 17.5. The smallest absolute Gasteiger partial charge is 0.271 e. The number of benzene rings is 3. The summed E-state index contributed by atoms with van der Waals surface area (Å²) in [6.45, 7) is 0.147. The summed E-state index contributed by atoms with van der Waals surface area (Å²) >= 11 is 5.90. The van der Waals surface area contributed by atoms with Crippen LogP contribution in [0, 0.1) is 12.3 Å². The SMILES string of the molecule is C#CCOc1ccc2ccccc2c1/C=N\NC(=O)c1cccc(Cl)c1. The Labute approximate surface area is 156 Å². The zero-order valence-corrected chi connectivity index (χ0v) is 14.5. The van der Waals surface area contributed by atoms with Crippen molar-refractivity contribution in [2.24, 2.45) is 5.10 Å². The van der Waals surface area contributed by atoms with Crippen molar-refractivity contribution in [2.45, 2.75) is 0 Å². The number of fused-ring (bicyclic) bond motifs is 1. The topological polar surface area (TPSA) is 50.7 Å². The molecule has 0 radical (unpaired) electrons. The van der Waals surface area contributed by atoms with Crippen LogP contribution >= 0.6 is 11.6 Å². The van der Waals surface area contributed by atoms with Crippen molar-refractivity contribution in [1.29, 1.82) is 0 Å². The maximum atomic E-state index is 12.2. The largest absolute Gasteiger partial charge is 0.480 e. The standard InChI is InChI=1S/C21H15ClN2O2/c1-2-12-26-20-11-10-15-6-3-4-9-18(15)19(20)14-23-24-21(25)16-7-5-8-17(22)13-16/h1,3-11,13-14H,12H2,(H,24,25)/b23-14-. The lowest BCUT2D eigenvalue weighted by atomic mass is 10.0. The molecule has 3 aromatic rings. The van der Waals surface area contributed by atoms with Gasteiger partial charge in [0, 0.05) is 16.1 Å². The highest BCUT2D eigenvalue weighted by atomic mass is 35.5. The fourth-order valence-electron chi connectivity index (χ4n) is 2.50. The summed E-state index contributed by atoms with van der Waals surface area (Å²) in [6.07, 6.45) is 6.83. The molecule has 3 rings (SSSR count). The first-order valence-electron chi connectivity index (χ1n) is 7.86. The Balaban J connectivity index is 1.88. The molecule has 1 amide bonds. The molecule has 0 unspecified atom stereocenters. The first-order valence-corrected chi connectivity index (χ1v) is 8.24. The van der Waals surface area contributed by atoms with Crippen LogP contribution in [0.15, 0.2) is 65.8 Å². The number of rotatable bonds is 5. The number of carbonyl (C=O) groups excluding carboxylic acids is 1. The molecule has 4 nitrogen and oxygen atoms in total. The molecule has 0 saturated carbocycles. The van der Waals surface area contributed by atoms with E-state index in [1.807, 2.05) is 36.4 Å². The van der Waals surface area contributed by atoms with E-state index in [0.717, 1.165) is 16.3 Å². The number of nitrogens with one attached hydrogen (secondary N) is 1. The molecule has 0 aliphatic rings. The molecule has 0 bridgehead atoms. The molecule has 1 N–H and O–H groups in total. The number of ether oxygens (including phenoxy) is 1. The molecular weight excluding hydrogens is 348 g/mol. The van der Waals surface area contributed by atoms with Crippen LogP contribution in [-0.4, -0.2) is 18.7 Å². The van der Waals surface area contributed by atoms with E-state index in [2.05, 4.69) is 16.4 Å². The second-order valence-corrected chi connectivity index (χ2v) is 5.84. The zero-order chi connectivity index (χ0) is 18.4. The van der Waals surface area contributed by atoms with Gasteiger partial charge in [0.1, 0.15) is 12.4 Å². The third-order valence-electron chi connectivity index (χ3n) is 3.69. The fraction of sp³-hybridized carbons (Fsp3) is 0.0476. The van der Waals surface area contributed by atoms with Crippen molar-refractivity contribution in [1.82, 2.24) is 5.43 Å². The molecule has 0 fully saturated rings. The second kappa shape index (κ2) is 8.19. The number of hydrazone groups is 1. The van der Waals surface area contributed by atoms with Gasteiger partial charge in [0.2, 0.25) is 0 Å². The Morgan fingerprint density at radius 2 is 2.04 bits per heavy atom. The molecule has 5 heteroatoms. The van der Waals surface area contributed by atoms with Gasteiger partial charge in [-0.2, -0.15) is 5.10 Å². The van der Waals surface area contributed by atoms with Crippen molar-refractivity contribution >= 4 is 34.5 Å².